The molecule has 0 bridgehead atoms. The Morgan fingerprint density at radius 3 is 2.93 bits per heavy atom. The predicted molar refractivity (Wildman–Crippen MR) is 46.6 cm³/mol. The Morgan fingerprint density at radius 2 is 2.43 bits per heavy atom. The quantitative estimate of drug-likeness (QED) is 0.488. The first kappa shape index (κ1) is 11.4. The molecule has 3 N–H and O–H groups in total. The van der Waals surface area contributed by atoms with Crippen molar-refractivity contribution in [1.29, 1.82) is 0 Å². The van der Waals surface area contributed by atoms with Gasteiger partial charge in [-0.2, -0.15) is 0 Å². The lowest BCUT2D eigenvalue weighted by atomic mass is 10.1. The van der Waals surface area contributed by atoms with Crippen molar-refractivity contribution in [1.82, 2.24) is 5.32 Å². The Balaban J connectivity index is 2.36. The third kappa shape index (κ3) is 2.65. The molecule has 1 fully saturated rings. The van der Waals surface area contributed by atoms with Crippen LogP contribution in [-0.4, -0.2) is 61.3 Å². The van der Waals surface area contributed by atoms with Crippen molar-refractivity contribution in [3.8, 4) is 0 Å². The Morgan fingerprint density at radius 1 is 1.71 bits per heavy atom. The summed E-state index contributed by atoms with van der Waals surface area (Å²) in [6.07, 6.45) is -1.47. The number of aliphatic hydroxyl groups excluding tert-OH is 2. The number of carbonyl (C=O) groups is 1. The number of rotatable bonds is 4. The van der Waals surface area contributed by atoms with E-state index in [0.717, 1.165) is 0 Å². The topological polar surface area (TPSA) is 88.0 Å². The van der Waals surface area contributed by atoms with Gasteiger partial charge in [0.15, 0.2) is 0 Å². The molecule has 3 unspecified atom stereocenters. The molecule has 82 valence electrons. The van der Waals surface area contributed by atoms with E-state index in [1.54, 1.807) is 0 Å². The molecule has 6 nitrogen and oxygen atoms in total. The van der Waals surface area contributed by atoms with Gasteiger partial charge in [0, 0.05) is 7.11 Å². The highest BCUT2D eigenvalue weighted by Gasteiger charge is 2.36. The Kier molecular flexibility index (Phi) is 4.27. The molecule has 0 saturated carbocycles. The number of ether oxygens (including phenoxy) is 2. The summed E-state index contributed by atoms with van der Waals surface area (Å²) in [5.41, 5.74) is 0. The zero-order valence-corrected chi connectivity index (χ0v) is 7.97. The van der Waals surface area contributed by atoms with Crippen molar-refractivity contribution < 1.29 is 24.5 Å². The highest BCUT2D eigenvalue weighted by molar-refractivity contribution is 5.77. The van der Waals surface area contributed by atoms with E-state index < -0.39 is 18.2 Å². The molecule has 0 aromatic heterocycles. The summed E-state index contributed by atoms with van der Waals surface area (Å²) in [6.45, 7) is -0.0906. The number of methoxy groups -OCH3 is 1. The summed E-state index contributed by atoms with van der Waals surface area (Å²) in [5, 5.41) is 20.8. The Bertz CT molecular complexity index is 198. The molecule has 6 heteroatoms. The number of aliphatic hydroxyl groups is 2. The third-order valence-electron chi connectivity index (χ3n) is 2.08. The van der Waals surface area contributed by atoms with E-state index in [9.17, 15) is 9.90 Å². The molecule has 1 saturated heterocycles. The molecule has 0 aromatic rings. The SMILES string of the molecule is COCC(=O)NC1COC(CO)C1O. The minimum Gasteiger partial charge on any atom is -0.394 e. The minimum absolute atomic E-state index is 0.0486. The summed E-state index contributed by atoms with van der Waals surface area (Å²) >= 11 is 0. The Hall–Kier alpha value is -0.690. The van der Waals surface area contributed by atoms with E-state index in [0.29, 0.717) is 0 Å². The first-order chi connectivity index (χ1) is 6.69. The van der Waals surface area contributed by atoms with E-state index >= 15 is 0 Å². The van der Waals surface area contributed by atoms with E-state index in [4.69, 9.17) is 9.84 Å². The fourth-order valence-corrected chi connectivity index (χ4v) is 1.35. The van der Waals surface area contributed by atoms with E-state index in [1.165, 1.54) is 7.11 Å². The summed E-state index contributed by atoms with van der Waals surface area (Å²) in [4.78, 5) is 11.1. The van der Waals surface area contributed by atoms with Crippen molar-refractivity contribution in [3.63, 3.8) is 0 Å². The van der Waals surface area contributed by atoms with Crippen LogP contribution in [0.3, 0.4) is 0 Å². The minimum atomic E-state index is -0.860. The molecule has 0 spiro atoms. The lowest BCUT2D eigenvalue weighted by Gasteiger charge is -2.16. The molecule has 3 atom stereocenters. The molecule has 1 amide bonds. The normalized spacial score (nSPS) is 31.8. The molecule has 1 heterocycles. The second kappa shape index (κ2) is 5.26. The zero-order valence-electron chi connectivity index (χ0n) is 7.97. The number of amides is 1. The first-order valence-corrected chi connectivity index (χ1v) is 4.38. The van der Waals surface area contributed by atoms with Gasteiger partial charge in [0.05, 0.1) is 19.3 Å². The van der Waals surface area contributed by atoms with E-state index in [2.05, 4.69) is 10.1 Å². The average molecular weight is 205 g/mol. The van der Waals surface area contributed by atoms with Gasteiger partial charge in [-0.25, -0.2) is 0 Å². The smallest absolute Gasteiger partial charge is 0.246 e. The molecule has 0 aromatic carbocycles. The van der Waals surface area contributed by atoms with Crippen LogP contribution in [0.1, 0.15) is 0 Å². The molecule has 0 radical (unpaired) electrons. The molecular weight excluding hydrogens is 190 g/mol. The summed E-state index contributed by atoms with van der Waals surface area (Å²) in [7, 11) is 1.41. The van der Waals surface area contributed by atoms with Gasteiger partial charge >= 0.3 is 0 Å². The van der Waals surface area contributed by atoms with Crippen LogP contribution >= 0.6 is 0 Å². The van der Waals surface area contributed by atoms with Crippen LogP contribution in [0.25, 0.3) is 0 Å². The summed E-state index contributed by atoms with van der Waals surface area (Å²) < 4.78 is 9.67. The molecule has 1 rings (SSSR count). The van der Waals surface area contributed by atoms with Crippen LogP contribution in [0.4, 0.5) is 0 Å². The van der Waals surface area contributed by atoms with Crippen LogP contribution in [0.2, 0.25) is 0 Å². The Labute approximate surface area is 81.8 Å². The molecule has 14 heavy (non-hydrogen) atoms. The van der Waals surface area contributed by atoms with Crippen molar-refractivity contribution in [2.45, 2.75) is 18.2 Å². The molecule has 1 aliphatic heterocycles. The number of hydrogen-bond acceptors (Lipinski definition) is 5. The fraction of sp³-hybridized carbons (Fsp3) is 0.875. The zero-order chi connectivity index (χ0) is 10.6. The van der Waals surface area contributed by atoms with Crippen molar-refractivity contribution >= 4 is 5.91 Å². The largest absolute Gasteiger partial charge is 0.394 e. The average Bonchev–Trinajstić information content (AvgIpc) is 2.48. The second-order valence-corrected chi connectivity index (χ2v) is 3.15. The maximum atomic E-state index is 11.1. The fourth-order valence-electron chi connectivity index (χ4n) is 1.35. The van der Waals surface area contributed by atoms with Crippen LogP contribution in [0.5, 0.6) is 0 Å². The van der Waals surface area contributed by atoms with Gasteiger partial charge in [-0.15, -0.1) is 0 Å². The third-order valence-corrected chi connectivity index (χ3v) is 2.08. The maximum absolute atomic E-state index is 11.1. The monoisotopic (exact) mass is 205 g/mol. The van der Waals surface area contributed by atoms with Gasteiger partial charge in [-0.1, -0.05) is 0 Å². The number of nitrogens with one attached hydrogen (secondary N) is 1. The maximum Gasteiger partial charge on any atom is 0.246 e. The van der Waals surface area contributed by atoms with Crippen molar-refractivity contribution in [2.24, 2.45) is 0 Å². The second-order valence-electron chi connectivity index (χ2n) is 3.15. The first-order valence-electron chi connectivity index (χ1n) is 4.38. The molecular formula is C8H15NO5. The van der Waals surface area contributed by atoms with Crippen LogP contribution < -0.4 is 5.32 Å². The predicted octanol–water partition coefficient (Wildman–Crippen LogP) is -2.13. The highest BCUT2D eigenvalue weighted by Crippen LogP contribution is 2.13. The summed E-state index contributed by atoms with van der Waals surface area (Å²) in [6, 6.07) is -0.463. The van der Waals surface area contributed by atoms with Crippen molar-refractivity contribution in [3.05, 3.63) is 0 Å². The lowest BCUT2D eigenvalue weighted by molar-refractivity contribution is -0.126. The summed E-state index contributed by atoms with van der Waals surface area (Å²) in [5.74, 6) is -0.307. The standard InChI is InChI=1S/C8H15NO5/c1-13-4-7(11)9-5-3-14-6(2-10)8(5)12/h5-6,8,10,12H,2-4H2,1H3,(H,9,11). The van der Waals surface area contributed by atoms with Gasteiger partial charge in [0.2, 0.25) is 5.91 Å². The lowest BCUT2D eigenvalue weighted by Crippen LogP contribution is -2.46. The van der Waals surface area contributed by atoms with Gasteiger partial charge in [0.25, 0.3) is 0 Å². The number of hydrogen-bond donors (Lipinski definition) is 3. The van der Waals surface area contributed by atoms with Crippen molar-refractivity contribution in [2.75, 3.05) is 26.9 Å². The molecule has 0 aliphatic carbocycles. The van der Waals surface area contributed by atoms with E-state index in [1.807, 2.05) is 0 Å². The van der Waals surface area contributed by atoms with Gasteiger partial charge < -0.3 is 25.0 Å². The van der Waals surface area contributed by atoms with Gasteiger partial charge in [-0.3, -0.25) is 4.79 Å². The number of carbonyl (C=O) groups excluding carboxylic acids is 1. The van der Waals surface area contributed by atoms with E-state index in [-0.39, 0.29) is 25.7 Å². The highest BCUT2D eigenvalue weighted by atomic mass is 16.5. The van der Waals surface area contributed by atoms with Gasteiger partial charge in [-0.05, 0) is 0 Å². The van der Waals surface area contributed by atoms with Crippen LogP contribution in [0.15, 0.2) is 0 Å². The van der Waals surface area contributed by atoms with Gasteiger partial charge in [0.1, 0.15) is 18.8 Å². The van der Waals surface area contributed by atoms with Crippen LogP contribution in [-0.2, 0) is 14.3 Å². The van der Waals surface area contributed by atoms with Crippen LogP contribution in [0, 0.1) is 0 Å². The molecule has 1 aliphatic rings.